The average molecular weight is 497 g/mol. The Morgan fingerprint density at radius 3 is 2.67 bits per heavy atom. The summed E-state index contributed by atoms with van der Waals surface area (Å²) in [7, 11) is -2.11. The van der Waals surface area contributed by atoms with E-state index in [-0.39, 0.29) is 23.0 Å². The number of aryl methyl sites for hydroxylation is 1. The van der Waals surface area contributed by atoms with Crippen LogP contribution < -0.4 is 10.1 Å². The van der Waals surface area contributed by atoms with Gasteiger partial charge in [-0.1, -0.05) is 18.2 Å². The third-order valence-electron chi connectivity index (χ3n) is 5.27. The van der Waals surface area contributed by atoms with Gasteiger partial charge in [-0.25, -0.2) is 12.8 Å². The summed E-state index contributed by atoms with van der Waals surface area (Å²) in [4.78, 5) is 12.5. The highest BCUT2D eigenvalue weighted by atomic mass is 32.2. The molecular weight excluding hydrogens is 467 g/mol. The molecule has 1 aliphatic heterocycles. The molecule has 1 fully saturated rings. The summed E-state index contributed by atoms with van der Waals surface area (Å²) in [6.07, 6.45) is 0.555. The number of rotatable bonds is 11. The first-order valence-corrected chi connectivity index (χ1v) is 13.3. The molecule has 1 heterocycles. The van der Waals surface area contributed by atoms with Crippen LogP contribution in [-0.2, 0) is 31.7 Å². The Morgan fingerprint density at radius 1 is 1.18 bits per heavy atom. The highest BCUT2D eigenvalue weighted by Gasteiger charge is 2.27. The summed E-state index contributed by atoms with van der Waals surface area (Å²) in [5.74, 6) is 1.40. The molecule has 0 unspecified atom stereocenters. The standard InChI is InChI=1S/C23H29FN2O5S2/c1-30-22-8-7-20(33(28,29)26-11-13-31-14-12-26)16-18(22)6-9-23(27)25-10-15-32-17-19-4-2-3-5-21(19)24/h2-5,7-8,16H,6,9-15,17H2,1H3,(H,25,27). The van der Waals surface area contributed by atoms with Crippen molar-refractivity contribution in [2.75, 3.05) is 45.7 Å². The van der Waals surface area contributed by atoms with Gasteiger partial charge in [-0.05, 0) is 41.8 Å². The second kappa shape index (κ2) is 12.4. The lowest BCUT2D eigenvalue weighted by atomic mass is 10.1. The lowest BCUT2D eigenvalue weighted by molar-refractivity contribution is -0.120. The van der Waals surface area contributed by atoms with Gasteiger partial charge in [-0.15, -0.1) is 0 Å². The topological polar surface area (TPSA) is 84.9 Å². The fourth-order valence-corrected chi connectivity index (χ4v) is 5.75. The van der Waals surface area contributed by atoms with Crippen molar-refractivity contribution in [3.8, 4) is 5.75 Å². The predicted octanol–water partition coefficient (Wildman–Crippen LogP) is 2.84. The van der Waals surface area contributed by atoms with E-state index >= 15 is 0 Å². The van der Waals surface area contributed by atoms with Gasteiger partial charge in [0.15, 0.2) is 0 Å². The van der Waals surface area contributed by atoms with Gasteiger partial charge in [0.25, 0.3) is 0 Å². The quantitative estimate of drug-likeness (QED) is 0.482. The van der Waals surface area contributed by atoms with Crippen LogP contribution in [0.25, 0.3) is 0 Å². The molecule has 2 aromatic rings. The van der Waals surface area contributed by atoms with Gasteiger partial charge in [-0.2, -0.15) is 16.1 Å². The predicted molar refractivity (Wildman–Crippen MR) is 126 cm³/mol. The molecule has 1 N–H and O–H groups in total. The zero-order valence-electron chi connectivity index (χ0n) is 18.6. The highest BCUT2D eigenvalue weighted by Crippen LogP contribution is 2.26. The Kier molecular flexibility index (Phi) is 9.54. The van der Waals surface area contributed by atoms with Gasteiger partial charge in [-0.3, -0.25) is 4.79 Å². The van der Waals surface area contributed by atoms with Crippen LogP contribution in [0.2, 0.25) is 0 Å². The second-order valence-corrected chi connectivity index (χ2v) is 10.5. The van der Waals surface area contributed by atoms with Gasteiger partial charge in [0.1, 0.15) is 11.6 Å². The number of carbonyl (C=O) groups is 1. The van der Waals surface area contributed by atoms with E-state index in [0.717, 1.165) is 0 Å². The van der Waals surface area contributed by atoms with Crippen molar-refractivity contribution in [2.24, 2.45) is 0 Å². The number of nitrogens with one attached hydrogen (secondary N) is 1. The Labute approximate surface area is 198 Å². The van der Waals surface area contributed by atoms with Crippen molar-refractivity contribution in [2.45, 2.75) is 23.5 Å². The van der Waals surface area contributed by atoms with Gasteiger partial charge < -0.3 is 14.8 Å². The number of benzene rings is 2. The monoisotopic (exact) mass is 496 g/mol. The van der Waals surface area contributed by atoms with Crippen molar-refractivity contribution in [1.82, 2.24) is 9.62 Å². The number of sulfonamides is 1. The van der Waals surface area contributed by atoms with Crippen molar-refractivity contribution < 1.29 is 27.1 Å². The number of carbonyl (C=O) groups excluding carboxylic acids is 1. The first-order chi connectivity index (χ1) is 15.9. The number of nitrogens with zero attached hydrogens (tertiary/aromatic N) is 1. The van der Waals surface area contributed by atoms with Gasteiger partial charge in [0.05, 0.1) is 25.2 Å². The maximum absolute atomic E-state index is 13.6. The number of ether oxygens (including phenoxy) is 2. The second-order valence-electron chi connectivity index (χ2n) is 7.48. The molecule has 0 saturated carbocycles. The van der Waals surface area contributed by atoms with Crippen LogP contribution in [0.5, 0.6) is 5.75 Å². The van der Waals surface area contributed by atoms with Crippen molar-refractivity contribution in [3.05, 3.63) is 59.4 Å². The number of hydrogen-bond acceptors (Lipinski definition) is 6. The number of morpholine rings is 1. The zero-order chi connectivity index (χ0) is 23.7. The van der Waals surface area contributed by atoms with Crippen LogP contribution >= 0.6 is 11.8 Å². The highest BCUT2D eigenvalue weighted by molar-refractivity contribution is 7.98. The van der Waals surface area contributed by atoms with E-state index in [0.29, 0.717) is 67.7 Å². The van der Waals surface area contributed by atoms with Crippen LogP contribution in [0.4, 0.5) is 4.39 Å². The van der Waals surface area contributed by atoms with Gasteiger partial charge in [0.2, 0.25) is 15.9 Å². The molecule has 0 atom stereocenters. The zero-order valence-corrected chi connectivity index (χ0v) is 20.2. The van der Waals surface area contributed by atoms with Crippen molar-refractivity contribution in [1.29, 1.82) is 0 Å². The molecule has 0 radical (unpaired) electrons. The molecule has 0 aromatic heterocycles. The summed E-state index contributed by atoms with van der Waals surface area (Å²) >= 11 is 1.55. The fraction of sp³-hybridized carbons (Fsp3) is 0.435. The normalized spacial score (nSPS) is 14.7. The Bertz CT molecular complexity index is 1040. The molecule has 0 bridgehead atoms. The van der Waals surface area contributed by atoms with E-state index in [2.05, 4.69) is 5.32 Å². The Morgan fingerprint density at radius 2 is 1.94 bits per heavy atom. The summed E-state index contributed by atoms with van der Waals surface area (Å²) in [5, 5.41) is 2.85. The van der Waals surface area contributed by atoms with E-state index in [1.54, 1.807) is 42.1 Å². The fourth-order valence-electron chi connectivity index (χ4n) is 3.44. The van der Waals surface area contributed by atoms with Crippen LogP contribution in [0, 0.1) is 5.82 Å². The van der Waals surface area contributed by atoms with E-state index < -0.39 is 10.0 Å². The number of thioether (sulfide) groups is 1. The Hall–Kier alpha value is -2.14. The summed E-state index contributed by atoms with van der Waals surface area (Å²) in [5.41, 5.74) is 1.31. The SMILES string of the molecule is COc1ccc(S(=O)(=O)N2CCOCC2)cc1CCC(=O)NCCSCc1ccccc1F. The van der Waals surface area contributed by atoms with Crippen LogP contribution in [0.15, 0.2) is 47.4 Å². The van der Waals surface area contributed by atoms with Crippen molar-refractivity contribution in [3.63, 3.8) is 0 Å². The van der Waals surface area contributed by atoms with Gasteiger partial charge in [0, 0.05) is 37.6 Å². The number of halogens is 1. The molecule has 33 heavy (non-hydrogen) atoms. The first kappa shape index (κ1) is 25.5. The van der Waals surface area contributed by atoms with E-state index in [1.807, 2.05) is 0 Å². The molecule has 0 spiro atoms. The molecule has 1 aliphatic rings. The maximum atomic E-state index is 13.6. The van der Waals surface area contributed by atoms with E-state index in [1.165, 1.54) is 23.5 Å². The van der Waals surface area contributed by atoms with Gasteiger partial charge >= 0.3 is 0 Å². The smallest absolute Gasteiger partial charge is 0.243 e. The molecule has 0 aliphatic carbocycles. The van der Waals surface area contributed by atoms with E-state index in [4.69, 9.17) is 9.47 Å². The molecule has 1 saturated heterocycles. The average Bonchev–Trinajstić information content (AvgIpc) is 2.84. The Balaban J connectivity index is 1.49. The molecular formula is C23H29FN2O5S2. The number of amides is 1. The third-order valence-corrected chi connectivity index (χ3v) is 8.17. The first-order valence-electron chi connectivity index (χ1n) is 10.7. The molecule has 10 heteroatoms. The summed E-state index contributed by atoms with van der Waals surface area (Å²) in [6, 6.07) is 11.4. The molecule has 2 aromatic carbocycles. The summed E-state index contributed by atoms with van der Waals surface area (Å²) < 4.78 is 51.5. The van der Waals surface area contributed by atoms with Crippen LogP contribution in [0.3, 0.4) is 0 Å². The number of hydrogen-bond donors (Lipinski definition) is 1. The lowest BCUT2D eigenvalue weighted by Crippen LogP contribution is -2.40. The third kappa shape index (κ3) is 7.17. The van der Waals surface area contributed by atoms with E-state index in [9.17, 15) is 17.6 Å². The minimum absolute atomic E-state index is 0.134. The van der Waals surface area contributed by atoms with Crippen LogP contribution in [0.1, 0.15) is 17.5 Å². The maximum Gasteiger partial charge on any atom is 0.243 e. The molecule has 3 rings (SSSR count). The number of methoxy groups -OCH3 is 1. The largest absolute Gasteiger partial charge is 0.496 e. The summed E-state index contributed by atoms with van der Waals surface area (Å²) in [6.45, 7) is 1.87. The lowest BCUT2D eigenvalue weighted by Gasteiger charge is -2.26. The minimum atomic E-state index is -3.63. The minimum Gasteiger partial charge on any atom is -0.496 e. The molecule has 180 valence electrons. The molecule has 1 amide bonds. The van der Waals surface area contributed by atoms with Crippen LogP contribution in [-0.4, -0.2) is 64.3 Å². The van der Waals surface area contributed by atoms with Crippen molar-refractivity contribution >= 4 is 27.7 Å². The molecule has 7 nitrogen and oxygen atoms in total.